The number of aromatic nitrogens is 1. The minimum atomic E-state index is -0.00679. The molecule has 120 valence electrons. The van der Waals surface area contributed by atoms with E-state index in [-0.39, 0.29) is 36.4 Å². The van der Waals surface area contributed by atoms with Crippen molar-refractivity contribution in [3.8, 4) is 0 Å². The van der Waals surface area contributed by atoms with Gasteiger partial charge < -0.3 is 19.7 Å². The number of halogens is 1. The van der Waals surface area contributed by atoms with Gasteiger partial charge in [0.05, 0.1) is 6.54 Å². The molecule has 6 nitrogen and oxygen atoms in total. The van der Waals surface area contributed by atoms with Gasteiger partial charge in [-0.3, -0.25) is 4.79 Å². The van der Waals surface area contributed by atoms with Crippen molar-refractivity contribution in [2.45, 2.75) is 13.5 Å². The van der Waals surface area contributed by atoms with E-state index in [1.165, 1.54) is 5.69 Å². The second kappa shape index (κ2) is 9.64. The highest BCUT2D eigenvalue weighted by Crippen LogP contribution is 2.03. The summed E-state index contributed by atoms with van der Waals surface area (Å²) in [6.45, 7) is 3.68. The maximum atomic E-state index is 11.6. The van der Waals surface area contributed by atoms with Crippen LogP contribution < -0.4 is 5.32 Å². The number of aryl methyl sites for hydroxylation is 1. The van der Waals surface area contributed by atoms with Crippen LogP contribution in [0.1, 0.15) is 12.6 Å². The van der Waals surface area contributed by atoms with Crippen LogP contribution in [0.5, 0.6) is 0 Å². The summed E-state index contributed by atoms with van der Waals surface area (Å²) in [4.78, 5) is 19.6. The fourth-order valence-electron chi connectivity index (χ4n) is 1.73. The summed E-state index contributed by atoms with van der Waals surface area (Å²) in [6, 6.07) is 4.09. The second-order valence-corrected chi connectivity index (χ2v) is 4.92. The number of carbonyl (C=O) groups excluding carboxylic acids is 1. The number of hydrogen-bond acceptors (Lipinski definition) is 2. The molecular weight excluding hydrogens is 381 g/mol. The molecule has 0 aliphatic carbocycles. The molecule has 1 N–H and O–H groups in total. The first kappa shape index (κ1) is 19.8. The van der Waals surface area contributed by atoms with E-state index < -0.39 is 0 Å². The minimum absolute atomic E-state index is 0. The highest BCUT2D eigenvalue weighted by atomic mass is 127. The zero-order valence-corrected chi connectivity index (χ0v) is 15.8. The van der Waals surface area contributed by atoms with Crippen molar-refractivity contribution in [3.63, 3.8) is 0 Å². The third kappa shape index (κ3) is 6.36. The average molecular weight is 407 g/mol. The van der Waals surface area contributed by atoms with Gasteiger partial charge in [0.2, 0.25) is 5.91 Å². The van der Waals surface area contributed by atoms with Crippen LogP contribution in [-0.4, -0.2) is 60.5 Å². The quantitative estimate of drug-likeness (QED) is 0.453. The Morgan fingerprint density at radius 3 is 2.52 bits per heavy atom. The molecule has 1 aromatic rings. The van der Waals surface area contributed by atoms with Gasteiger partial charge in [0.1, 0.15) is 6.54 Å². The summed E-state index contributed by atoms with van der Waals surface area (Å²) in [7, 11) is 7.45. The lowest BCUT2D eigenvalue weighted by Gasteiger charge is -2.22. The van der Waals surface area contributed by atoms with Crippen molar-refractivity contribution < 1.29 is 4.79 Å². The molecule has 1 rings (SSSR count). The van der Waals surface area contributed by atoms with Crippen LogP contribution in [0.25, 0.3) is 0 Å². The molecule has 0 aliphatic heterocycles. The van der Waals surface area contributed by atoms with E-state index in [2.05, 4.69) is 20.9 Å². The molecule has 0 aromatic carbocycles. The summed E-state index contributed by atoms with van der Waals surface area (Å²) in [5, 5.41) is 3.20. The summed E-state index contributed by atoms with van der Waals surface area (Å²) >= 11 is 0. The van der Waals surface area contributed by atoms with Crippen LogP contribution in [0, 0.1) is 0 Å². The van der Waals surface area contributed by atoms with Crippen molar-refractivity contribution in [2.75, 3.05) is 34.2 Å². The third-order valence-corrected chi connectivity index (χ3v) is 3.01. The molecule has 0 saturated carbocycles. The Bertz CT molecular complexity index is 470. The number of rotatable bonds is 5. The van der Waals surface area contributed by atoms with Gasteiger partial charge in [0.25, 0.3) is 0 Å². The normalized spacial score (nSPS) is 10.8. The van der Waals surface area contributed by atoms with Gasteiger partial charge in [-0.15, -0.1) is 24.0 Å². The Morgan fingerprint density at radius 2 is 2.05 bits per heavy atom. The molecule has 7 heteroatoms. The van der Waals surface area contributed by atoms with Gasteiger partial charge in [0, 0.05) is 46.6 Å². The van der Waals surface area contributed by atoms with E-state index in [1.807, 2.05) is 38.2 Å². The Hall–Kier alpha value is -1.25. The van der Waals surface area contributed by atoms with E-state index in [1.54, 1.807) is 19.0 Å². The zero-order chi connectivity index (χ0) is 15.1. The smallest absolute Gasteiger partial charge is 0.243 e. The van der Waals surface area contributed by atoms with Crippen LogP contribution in [-0.2, 0) is 18.4 Å². The highest BCUT2D eigenvalue weighted by molar-refractivity contribution is 14.0. The number of carbonyl (C=O) groups is 1. The van der Waals surface area contributed by atoms with Gasteiger partial charge >= 0.3 is 0 Å². The second-order valence-electron chi connectivity index (χ2n) is 4.92. The molecule has 0 bridgehead atoms. The van der Waals surface area contributed by atoms with Crippen molar-refractivity contribution in [1.82, 2.24) is 19.7 Å². The van der Waals surface area contributed by atoms with E-state index in [4.69, 9.17) is 0 Å². The topological polar surface area (TPSA) is 52.9 Å². The van der Waals surface area contributed by atoms with Crippen molar-refractivity contribution >= 4 is 35.8 Å². The fourth-order valence-corrected chi connectivity index (χ4v) is 1.73. The van der Waals surface area contributed by atoms with Gasteiger partial charge in [0.15, 0.2) is 5.96 Å². The van der Waals surface area contributed by atoms with Crippen molar-refractivity contribution in [2.24, 2.45) is 12.0 Å². The Balaban J connectivity index is 0.00000400. The van der Waals surface area contributed by atoms with E-state index >= 15 is 0 Å². The van der Waals surface area contributed by atoms with Gasteiger partial charge in [-0.05, 0) is 19.1 Å². The monoisotopic (exact) mass is 407 g/mol. The molecule has 1 heterocycles. The lowest BCUT2D eigenvalue weighted by molar-refractivity contribution is -0.127. The first-order chi connectivity index (χ1) is 9.45. The molecule has 0 atom stereocenters. The van der Waals surface area contributed by atoms with Gasteiger partial charge in [-0.1, -0.05) is 0 Å². The first-order valence-corrected chi connectivity index (χ1v) is 6.75. The van der Waals surface area contributed by atoms with Crippen LogP contribution >= 0.6 is 24.0 Å². The lowest BCUT2D eigenvalue weighted by Crippen LogP contribution is -2.39. The van der Waals surface area contributed by atoms with E-state index in [0.29, 0.717) is 0 Å². The molecule has 1 aromatic heterocycles. The summed E-state index contributed by atoms with van der Waals surface area (Å²) in [5.41, 5.74) is 1.19. The van der Waals surface area contributed by atoms with Crippen molar-refractivity contribution in [1.29, 1.82) is 0 Å². The molecule has 21 heavy (non-hydrogen) atoms. The average Bonchev–Trinajstić information content (AvgIpc) is 2.79. The third-order valence-electron chi connectivity index (χ3n) is 3.01. The molecule has 0 spiro atoms. The van der Waals surface area contributed by atoms with Crippen LogP contribution in [0.2, 0.25) is 0 Å². The number of nitrogens with zero attached hydrogens (tertiary/aromatic N) is 4. The first-order valence-electron chi connectivity index (χ1n) is 6.75. The van der Waals surface area contributed by atoms with E-state index in [0.717, 1.165) is 19.0 Å². The number of aliphatic imine (C=N–C) groups is 1. The summed E-state index contributed by atoms with van der Waals surface area (Å²) in [6.07, 6.45) is 2.02. The predicted octanol–water partition coefficient (Wildman–Crippen LogP) is 1.13. The standard InChI is InChI=1S/C14H25N5O.HI/c1-6-15-14(16-10-13(20)17(2)3)19(5)11-12-8-7-9-18(12)4;/h7-9H,6,10-11H2,1-5H3,(H,15,16);1H. The number of hydrogen-bond donors (Lipinski definition) is 1. The van der Waals surface area contributed by atoms with E-state index in [9.17, 15) is 4.79 Å². The number of guanidine groups is 1. The number of likely N-dealkylation sites (N-methyl/N-ethyl adjacent to an activating group) is 1. The Kier molecular flexibility index (Phi) is 9.07. The molecule has 0 aliphatic rings. The Morgan fingerprint density at radius 1 is 1.38 bits per heavy atom. The number of amides is 1. The van der Waals surface area contributed by atoms with Crippen LogP contribution in [0.3, 0.4) is 0 Å². The SMILES string of the molecule is CCNC(=NCC(=O)N(C)C)N(C)Cc1cccn1C.I. The number of nitrogens with one attached hydrogen (secondary N) is 1. The molecule has 0 fully saturated rings. The van der Waals surface area contributed by atoms with Gasteiger partial charge in [-0.2, -0.15) is 0 Å². The molecular formula is C14H26IN5O. The summed E-state index contributed by atoms with van der Waals surface area (Å²) in [5.74, 6) is 0.733. The maximum absolute atomic E-state index is 11.6. The van der Waals surface area contributed by atoms with Crippen molar-refractivity contribution in [3.05, 3.63) is 24.0 Å². The highest BCUT2D eigenvalue weighted by Gasteiger charge is 2.09. The maximum Gasteiger partial charge on any atom is 0.243 e. The molecule has 0 saturated heterocycles. The molecule has 0 unspecified atom stereocenters. The van der Waals surface area contributed by atoms with Gasteiger partial charge in [-0.25, -0.2) is 4.99 Å². The van der Waals surface area contributed by atoms with Crippen LogP contribution in [0.4, 0.5) is 0 Å². The molecule has 1 amide bonds. The lowest BCUT2D eigenvalue weighted by atomic mass is 10.4. The predicted molar refractivity (Wildman–Crippen MR) is 97.0 cm³/mol. The molecule has 0 radical (unpaired) electrons. The van der Waals surface area contributed by atoms with Crippen LogP contribution in [0.15, 0.2) is 23.3 Å². The largest absolute Gasteiger partial charge is 0.357 e. The summed E-state index contributed by atoms with van der Waals surface area (Å²) < 4.78 is 2.07. The fraction of sp³-hybridized carbons (Fsp3) is 0.571. The minimum Gasteiger partial charge on any atom is -0.357 e. The Labute approximate surface area is 144 Å². The zero-order valence-electron chi connectivity index (χ0n) is 13.5.